The number of nitrogens with two attached hydrogens (primary N) is 1. The molecule has 1 aliphatic heterocycles. The Labute approximate surface area is 162 Å². The van der Waals surface area contributed by atoms with Crippen molar-refractivity contribution in [2.75, 3.05) is 22.5 Å². The van der Waals surface area contributed by atoms with Crippen molar-refractivity contribution in [2.24, 2.45) is 0 Å². The summed E-state index contributed by atoms with van der Waals surface area (Å²) < 4.78 is 2.08. The minimum atomic E-state index is 0.546. The molecular formula is C20H20N8. The fraction of sp³-hybridized carbons (Fsp3) is 0.200. The molecule has 0 saturated heterocycles. The van der Waals surface area contributed by atoms with Crippen molar-refractivity contribution in [3.63, 3.8) is 0 Å². The Balaban J connectivity index is 1.29. The first-order valence-electron chi connectivity index (χ1n) is 9.21. The van der Waals surface area contributed by atoms with Crippen LogP contribution >= 0.6 is 0 Å². The molecule has 3 N–H and O–H groups in total. The summed E-state index contributed by atoms with van der Waals surface area (Å²) in [4.78, 5) is 11.0. The molecule has 0 radical (unpaired) electrons. The molecule has 8 heteroatoms. The van der Waals surface area contributed by atoms with E-state index in [9.17, 15) is 0 Å². The van der Waals surface area contributed by atoms with Crippen LogP contribution in [0.25, 0.3) is 10.8 Å². The molecule has 3 aromatic heterocycles. The van der Waals surface area contributed by atoms with Crippen molar-refractivity contribution in [1.82, 2.24) is 24.7 Å². The van der Waals surface area contributed by atoms with Crippen molar-refractivity contribution < 1.29 is 0 Å². The van der Waals surface area contributed by atoms with Crippen LogP contribution in [0.15, 0.2) is 55.1 Å². The van der Waals surface area contributed by atoms with Crippen LogP contribution in [0.2, 0.25) is 0 Å². The predicted octanol–water partition coefficient (Wildman–Crippen LogP) is 2.44. The SMILES string of the molecule is Nc1nccc2c(NCc3ccc(N4CCn5cnnc5C4)nc3)cccc12. The molecule has 0 amide bonds. The molecule has 140 valence electrons. The van der Waals surface area contributed by atoms with Crippen LogP contribution in [0.1, 0.15) is 11.4 Å². The van der Waals surface area contributed by atoms with Crippen LogP contribution in [-0.2, 0) is 19.6 Å². The quantitative estimate of drug-likeness (QED) is 0.568. The van der Waals surface area contributed by atoms with Gasteiger partial charge < -0.3 is 20.5 Å². The van der Waals surface area contributed by atoms with Crippen molar-refractivity contribution in [2.45, 2.75) is 19.6 Å². The number of rotatable bonds is 4. The monoisotopic (exact) mass is 372 g/mol. The molecule has 0 bridgehead atoms. The average molecular weight is 372 g/mol. The van der Waals surface area contributed by atoms with Gasteiger partial charge in [-0.05, 0) is 23.8 Å². The standard InChI is InChI=1S/C20H20N8/c21-20-16-2-1-3-17(15(16)6-7-22-20)23-10-14-4-5-18(24-11-14)27-8-9-28-13-25-26-19(28)12-27/h1-7,11,13,23H,8-10,12H2,(H2,21,22). The second kappa shape index (κ2) is 6.80. The van der Waals surface area contributed by atoms with E-state index in [1.807, 2.05) is 30.5 Å². The molecule has 1 aromatic carbocycles. The average Bonchev–Trinajstić information content (AvgIpc) is 3.21. The normalized spacial score (nSPS) is 13.5. The summed E-state index contributed by atoms with van der Waals surface area (Å²) in [5.41, 5.74) is 8.13. The minimum absolute atomic E-state index is 0.546. The lowest BCUT2D eigenvalue weighted by atomic mass is 10.1. The van der Waals surface area contributed by atoms with Crippen LogP contribution < -0.4 is 16.0 Å². The zero-order valence-electron chi connectivity index (χ0n) is 15.3. The Hall–Kier alpha value is -3.68. The second-order valence-corrected chi connectivity index (χ2v) is 6.84. The van der Waals surface area contributed by atoms with Crippen molar-refractivity contribution in [1.29, 1.82) is 0 Å². The Bertz CT molecular complexity index is 1120. The number of nitrogens with one attached hydrogen (secondary N) is 1. The van der Waals surface area contributed by atoms with E-state index < -0.39 is 0 Å². The fourth-order valence-electron chi connectivity index (χ4n) is 3.55. The van der Waals surface area contributed by atoms with Gasteiger partial charge in [0.1, 0.15) is 18.0 Å². The van der Waals surface area contributed by atoms with Gasteiger partial charge in [-0.2, -0.15) is 0 Å². The Morgan fingerprint density at radius 2 is 2.00 bits per heavy atom. The van der Waals surface area contributed by atoms with Gasteiger partial charge in [-0.25, -0.2) is 9.97 Å². The Morgan fingerprint density at radius 1 is 1.04 bits per heavy atom. The van der Waals surface area contributed by atoms with Crippen LogP contribution in [-0.4, -0.2) is 31.3 Å². The summed E-state index contributed by atoms with van der Waals surface area (Å²) in [6.07, 6.45) is 5.44. The van der Waals surface area contributed by atoms with E-state index in [-0.39, 0.29) is 0 Å². The van der Waals surface area contributed by atoms with Crippen molar-refractivity contribution in [3.8, 4) is 0 Å². The van der Waals surface area contributed by atoms with E-state index in [0.717, 1.165) is 53.3 Å². The van der Waals surface area contributed by atoms with Gasteiger partial charge in [0.25, 0.3) is 0 Å². The molecule has 4 aromatic rings. The summed E-state index contributed by atoms with van der Waals surface area (Å²) >= 11 is 0. The third-order valence-electron chi connectivity index (χ3n) is 5.09. The zero-order chi connectivity index (χ0) is 18.9. The first kappa shape index (κ1) is 16.5. The van der Waals surface area contributed by atoms with E-state index >= 15 is 0 Å². The molecule has 5 rings (SSSR count). The van der Waals surface area contributed by atoms with Crippen LogP contribution in [0.3, 0.4) is 0 Å². The molecule has 0 unspecified atom stereocenters. The Kier molecular flexibility index (Phi) is 4.01. The second-order valence-electron chi connectivity index (χ2n) is 6.84. The maximum atomic E-state index is 5.98. The number of nitrogen functional groups attached to an aromatic ring is 1. The number of hydrogen-bond acceptors (Lipinski definition) is 7. The zero-order valence-corrected chi connectivity index (χ0v) is 15.3. The third-order valence-corrected chi connectivity index (χ3v) is 5.09. The number of hydrogen-bond donors (Lipinski definition) is 2. The molecule has 4 heterocycles. The lowest BCUT2D eigenvalue weighted by molar-refractivity contribution is 0.556. The highest BCUT2D eigenvalue weighted by molar-refractivity contribution is 5.99. The summed E-state index contributed by atoms with van der Waals surface area (Å²) in [6, 6.07) is 12.2. The van der Waals surface area contributed by atoms with Gasteiger partial charge in [0, 0.05) is 48.5 Å². The Morgan fingerprint density at radius 3 is 2.89 bits per heavy atom. The van der Waals surface area contributed by atoms with Gasteiger partial charge in [-0.1, -0.05) is 18.2 Å². The van der Waals surface area contributed by atoms with Gasteiger partial charge in [-0.3, -0.25) is 0 Å². The van der Waals surface area contributed by atoms with Crippen LogP contribution in [0.4, 0.5) is 17.3 Å². The molecule has 0 fully saturated rings. The van der Waals surface area contributed by atoms with E-state index in [1.165, 1.54) is 0 Å². The number of anilines is 3. The number of fused-ring (bicyclic) bond motifs is 2. The smallest absolute Gasteiger partial charge is 0.152 e. The molecule has 0 saturated carbocycles. The van der Waals surface area contributed by atoms with Gasteiger partial charge in [-0.15, -0.1) is 10.2 Å². The topological polar surface area (TPSA) is 97.8 Å². The third kappa shape index (κ3) is 2.98. The first-order valence-corrected chi connectivity index (χ1v) is 9.21. The van der Waals surface area contributed by atoms with Crippen molar-refractivity contribution >= 4 is 28.1 Å². The largest absolute Gasteiger partial charge is 0.383 e. The molecular weight excluding hydrogens is 352 g/mol. The highest BCUT2D eigenvalue weighted by atomic mass is 15.3. The number of nitrogens with zero attached hydrogens (tertiary/aromatic N) is 6. The van der Waals surface area contributed by atoms with E-state index in [1.54, 1.807) is 12.5 Å². The van der Waals surface area contributed by atoms with E-state index in [4.69, 9.17) is 5.73 Å². The molecule has 0 spiro atoms. The van der Waals surface area contributed by atoms with E-state index in [2.05, 4.69) is 47.1 Å². The summed E-state index contributed by atoms with van der Waals surface area (Å²) in [6.45, 7) is 3.20. The van der Waals surface area contributed by atoms with Crippen LogP contribution in [0.5, 0.6) is 0 Å². The number of benzene rings is 1. The summed E-state index contributed by atoms with van der Waals surface area (Å²) in [5, 5.41) is 13.6. The molecule has 0 aliphatic carbocycles. The van der Waals surface area contributed by atoms with Crippen LogP contribution in [0, 0.1) is 0 Å². The maximum Gasteiger partial charge on any atom is 0.152 e. The fourth-order valence-corrected chi connectivity index (χ4v) is 3.55. The molecule has 1 aliphatic rings. The summed E-state index contributed by atoms with van der Waals surface area (Å²) in [7, 11) is 0. The van der Waals surface area contributed by atoms with Gasteiger partial charge in [0.05, 0.1) is 6.54 Å². The van der Waals surface area contributed by atoms with Gasteiger partial charge in [0.2, 0.25) is 0 Å². The highest BCUT2D eigenvalue weighted by Gasteiger charge is 2.18. The van der Waals surface area contributed by atoms with E-state index in [0.29, 0.717) is 12.4 Å². The lowest BCUT2D eigenvalue weighted by Crippen LogP contribution is -2.34. The summed E-state index contributed by atoms with van der Waals surface area (Å²) in [5.74, 6) is 2.48. The van der Waals surface area contributed by atoms with Crippen molar-refractivity contribution in [3.05, 3.63) is 66.5 Å². The molecule has 0 atom stereocenters. The molecule has 8 nitrogen and oxygen atoms in total. The number of aromatic nitrogens is 5. The highest BCUT2D eigenvalue weighted by Crippen LogP contribution is 2.26. The minimum Gasteiger partial charge on any atom is -0.383 e. The van der Waals surface area contributed by atoms with Gasteiger partial charge in [0.15, 0.2) is 5.82 Å². The lowest BCUT2D eigenvalue weighted by Gasteiger charge is -2.28. The first-order chi connectivity index (χ1) is 13.8. The maximum absolute atomic E-state index is 5.98. The van der Waals surface area contributed by atoms with Gasteiger partial charge >= 0.3 is 0 Å². The number of pyridine rings is 2. The predicted molar refractivity (Wildman–Crippen MR) is 109 cm³/mol. The molecule has 28 heavy (non-hydrogen) atoms.